The predicted molar refractivity (Wildman–Crippen MR) is 67.7 cm³/mol. The van der Waals surface area contributed by atoms with E-state index >= 15 is 0 Å². The van der Waals surface area contributed by atoms with E-state index < -0.39 is 0 Å². The van der Waals surface area contributed by atoms with Gasteiger partial charge in [0.15, 0.2) is 0 Å². The van der Waals surface area contributed by atoms with E-state index in [0.29, 0.717) is 5.15 Å². The highest BCUT2D eigenvalue weighted by Crippen LogP contribution is 2.30. The van der Waals surface area contributed by atoms with E-state index in [1.807, 2.05) is 18.2 Å². The Balaban J connectivity index is 2.36. The number of pyridine rings is 1. The summed E-state index contributed by atoms with van der Waals surface area (Å²) in [6.07, 6.45) is 1.65. The van der Waals surface area contributed by atoms with Crippen molar-refractivity contribution in [2.75, 3.05) is 0 Å². The first-order valence-corrected chi connectivity index (χ1v) is 6.11. The molecule has 0 fully saturated rings. The third kappa shape index (κ3) is 2.53. The van der Waals surface area contributed by atoms with Gasteiger partial charge in [-0.25, -0.2) is 10.4 Å². The highest BCUT2D eigenvalue weighted by Gasteiger charge is 2.14. The summed E-state index contributed by atoms with van der Waals surface area (Å²) in [5.74, 6) is 5.55. The summed E-state index contributed by atoms with van der Waals surface area (Å²) in [5, 5.41) is 0.445. The average Bonchev–Trinajstić information content (AvgIpc) is 2.66. The van der Waals surface area contributed by atoms with E-state index in [1.54, 1.807) is 12.3 Å². The molecule has 6 heteroatoms. The summed E-state index contributed by atoms with van der Waals surface area (Å²) in [5.41, 5.74) is 3.70. The van der Waals surface area contributed by atoms with Gasteiger partial charge in [0.25, 0.3) is 0 Å². The summed E-state index contributed by atoms with van der Waals surface area (Å²) in [6.45, 7) is 0. The van der Waals surface area contributed by atoms with Crippen LogP contribution in [-0.4, -0.2) is 4.98 Å². The molecule has 0 bridgehead atoms. The van der Waals surface area contributed by atoms with Crippen molar-refractivity contribution in [1.82, 2.24) is 10.4 Å². The molecule has 0 saturated carbocycles. The summed E-state index contributed by atoms with van der Waals surface area (Å²) in [6, 6.07) is 7.31. The Hall–Kier alpha value is -0.650. The fourth-order valence-corrected chi connectivity index (χ4v) is 2.75. The van der Waals surface area contributed by atoms with Crippen LogP contribution in [0, 0.1) is 0 Å². The molecule has 0 radical (unpaired) electrons. The van der Waals surface area contributed by atoms with Crippen LogP contribution in [0.3, 0.4) is 0 Å². The van der Waals surface area contributed by atoms with E-state index in [-0.39, 0.29) is 6.04 Å². The number of halogens is 2. The standard InChI is InChI=1S/C10H9Cl2N3S/c11-8-5-6(3-4-14-8)10(15-13)7-1-2-9(12)16-7/h1-5,10,15H,13H2. The quantitative estimate of drug-likeness (QED) is 0.514. The zero-order valence-electron chi connectivity index (χ0n) is 8.15. The highest BCUT2D eigenvalue weighted by atomic mass is 35.5. The number of hydrogen-bond donors (Lipinski definition) is 2. The molecular weight excluding hydrogens is 265 g/mol. The molecular formula is C10H9Cl2N3S. The van der Waals surface area contributed by atoms with Crippen molar-refractivity contribution in [3.63, 3.8) is 0 Å². The molecule has 0 spiro atoms. The molecule has 0 saturated heterocycles. The van der Waals surface area contributed by atoms with Crippen LogP contribution in [0.25, 0.3) is 0 Å². The summed E-state index contributed by atoms with van der Waals surface area (Å²) in [7, 11) is 0. The molecule has 3 nitrogen and oxygen atoms in total. The van der Waals surface area contributed by atoms with Gasteiger partial charge in [-0.15, -0.1) is 11.3 Å². The Morgan fingerprint density at radius 3 is 2.69 bits per heavy atom. The number of hydrogen-bond acceptors (Lipinski definition) is 4. The van der Waals surface area contributed by atoms with Crippen molar-refractivity contribution in [1.29, 1.82) is 0 Å². The third-order valence-electron chi connectivity index (χ3n) is 2.13. The van der Waals surface area contributed by atoms with Gasteiger partial charge in [-0.1, -0.05) is 23.2 Å². The number of nitrogens with zero attached hydrogens (tertiary/aromatic N) is 1. The van der Waals surface area contributed by atoms with Gasteiger partial charge < -0.3 is 0 Å². The van der Waals surface area contributed by atoms with Gasteiger partial charge >= 0.3 is 0 Å². The Morgan fingerprint density at radius 2 is 2.12 bits per heavy atom. The SMILES string of the molecule is NNC(c1ccnc(Cl)c1)c1ccc(Cl)s1. The zero-order chi connectivity index (χ0) is 11.5. The maximum atomic E-state index is 5.89. The number of aromatic nitrogens is 1. The molecule has 0 amide bonds. The minimum atomic E-state index is -0.113. The summed E-state index contributed by atoms with van der Waals surface area (Å²) < 4.78 is 0.732. The second-order valence-electron chi connectivity index (χ2n) is 3.15. The van der Waals surface area contributed by atoms with Crippen molar-refractivity contribution < 1.29 is 0 Å². The number of thiophene rings is 1. The van der Waals surface area contributed by atoms with Crippen LogP contribution in [0.5, 0.6) is 0 Å². The van der Waals surface area contributed by atoms with E-state index in [9.17, 15) is 0 Å². The Labute approximate surface area is 107 Å². The van der Waals surface area contributed by atoms with Gasteiger partial charge in [0.1, 0.15) is 5.15 Å². The molecule has 1 atom stereocenters. The number of nitrogens with one attached hydrogen (secondary N) is 1. The van der Waals surface area contributed by atoms with Crippen LogP contribution < -0.4 is 11.3 Å². The molecule has 16 heavy (non-hydrogen) atoms. The minimum Gasteiger partial charge on any atom is -0.271 e. The Kier molecular flexibility index (Phi) is 3.78. The lowest BCUT2D eigenvalue weighted by Crippen LogP contribution is -2.28. The molecule has 1 unspecified atom stereocenters. The van der Waals surface area contributed by atoms with E-state index in [1.165, 1.54) is 11.3 Å². The topological polar surface area (TPSA) is 50.9 Å². The van der Waals surface area contributed by atoms with Gasteiger partial charge in [0, 0.05) is 11.1 Å². The largest absolute Gasteiger partial charge is 0.271 e. The summed E-state index contributed by atoms with van der Waals surface area (Å²) >= 11 is 13.2. The Bertz CT molecular complexity index is 486. The first kappa shape index (κ1) is 11.8. The fourth-order valence-electron chi connectivity index (χ4n) is 1.42. The van der Waals surface area contributed by atoms with Gasteiger partial charge in [0.05, 0.1) is 10.4 Å². The van der Waals surface area contributed by atoms with E-state index in [0.717, 1.165) is 14.8 Å². The van der Waals surface area contributed by atoms with E-state index in [4.69, 9.17) is 29.0 Å². The normalized spacial score (nSPS) is 12.7. The monoisotopic (exact) mass is 273 g/mol. The lowest BCUT2D eigenvalue weighted by molar-refractivity contribution is 0.646. The molecule has 84 valence electrons. The molecule has 2 rings (SSSR count). The molecule has 0 aliphatic heterocycles. The van der Waals surface area contributed by atoms with Crippen molar-refractivity contribution >= 4 is 34.5 Å². The molecule has 0 aromatic carbocycles. The molecule has 2 aromatic rings. The van der Waals surface area contributed by atoms with Crippen LogP contribution in [0.15, 0.2) is 30.5 Å². The lowest BCUT2D eigenvalue weighted by atomic mass is 10.1. The van der Waals surface area contributed by atoms with Crippen LogP contribution in [0.4, 0.5) is 0 Å². The van der Waals surface area contributed by atoms with Crippen molar-refractivity contribution in [2.45, 2.75) is 6.04 Å². The second-order valence-corrected chi connectivity index (χ2v) is 5.29. The zero-order valence-corrected chi connectivity index (χ0v) is 10.5. The average molecular weight is 274 g/mol. The van der Waals surface area contributed by atoms with Gasteiger partial charge in [0.2, 0.25) is 0 Å². The number of rotatable bonds is 3. The van der Waals surface area contributed by atoms with Gasteiger partial charge in [-0.2, -0.15) is 0 Å². The van der Waals surface area contributed by atoms with E-state index in [2.05, 4.69) is 10.4 Å². The second kappa shape index (κ2) is 5.12. The third-order valence-corrected chi connectivity index (χ3v) is 3.63. The summed E-state index contributed by atoms with van der Waals surface area (Å²) in [4.78, 5) is 4.97. The van der Waals surface area contributed by atoms with Gasteiger partial charge in [-0.3, -0.25) is 5.84 Å². The lowest BCUT2D eigenvalue weighted by Gasteiger charge is -2.14. The molecule has 3 N–H and O–H groups in total. The maximum Gasteiger partial charge on any atom is 0.129 e. The van der Waals surface area contributed by atoms with Crippen molar-refractivity contribution in [3.05, 3.63) is 50.4 Å². The van der Waals surface area contributed by atoms with Crippen LogP contribution in [0.2, 0.25) is 9.49 Å². The van der Waals surface area contributed by atoms with Crippen LogP contribution >= 0.6 is 34.5 Å². The number of hydrazine groups is 1. The first-order chi connectivity index (χ1) is 7.70. The van der Waals surface area contributed by atoms with Crippen LogP contribution in [0.1, 0.15) is 16.5 Å². The highest BCUT2D eigenvalue weighted by molar-refractivity contribution is 7.16. The molecule has 0 aliphatic carbocycles. The van der Waals surface area contributed by atoms with Crippen LogP contribution in [-0.2, 0) is 0 Å². The Morgan fingerprint density at radius 1 is 1.31 bits per heavy atom. The van der Waals surface area contributed by atoms with Gasteiger partial charge in [-0.05, 0) is 29.8 Å². The first-order valence-electron chi connectivity index (χ1n) is 4.53. The maximum absolute atomic E-state index is 5.89. The molecule has 2 aromatic heterocycles. The number of nitrogens with two attached hydrogens (primary N) is 1. The molecule has 0 aliphatic rings. The smallest absolute Gasteiger partial charge is 0.129 e. The van der Waals surface area contributed by atoms with Crippen molar-refractivity contribution in [2.24, 2.45) is 5.84 Å². The molecule has 2 heterocycles. The minimum absolute atomic E-state index is 0.113. The van der Waals surface area contributed by atoms with Crippen molar-refractivity contribution in [3.8, 4) is 0 Å². The predicted octanol–water partition coefficient (Wildman–Crippen LogP) is 3.00. The fraction of sp³-hybridized carbons (Fsp3) is 0.100.